The van der Waals surface area contributed by atoms with E-state index in [2.05, 4.69) is 5.32 Å². The summed E-state index contributed by atoms with van der Waals surface area (Å²) < 4.78 is 5.09. The van der Waals surface area contributed by atoms with E-state index in [1.807, 2.05) is 24.3 Å². The van der Waals surface area contributed by atoms with Gasteiger partial charge in [0.15, 0.2) is 0 Å². The maximum atomic E-state index is 11.9. The van der Waals surface area contributed by atoms with Gasteiger partial charge in [0.25, 0.3) is 0 Å². The molecule has 116 valence electrons. The van der Waals surface area contributed by atoms with E-state index in [1.54, 1.807) is 7.11 Å². The van der Waals surface area contributed by atoms with E-state index >= 15 is 0 Å². The zero-order chi connectivity index (χ0) is 15.2. The minimum atomic E-state index is -0.512. The minimum Gasteiger partial charge on any atom is -0.497 e. The zero-order valence-electron chi connectivity index (χ0n) is 12.3. The molecule has 5 heteroatoms. The van der Waals surface area contributed by atoms with Gasteiger partial charge in [0, 0.05) is 25.0 Å². The molecule has 1 aliphatic carbocycles. The van der Waals surface area contributed by atoms with Crippen molar-refractivity contribution in [2.24, 2.45) is 5.92 Å². The van der Waals surface area contributed by atoms with Crippen molar-refractivity contribution in [1.29, 1.82) is 0 Å². The number of ether oxygens (including phenoxy) is 1. The first-order valence-corrected chi connectivity index (χ1v) is 7.33. The molecule has 1 saturated carbocycles. The monoisotopic (exact) mass is 293 g/mol. The standard InChI is InChI=1S/C16H23NO4/c1-21-14-5-2-11(3-6-14)4-7-16(20)17-13-8-12(10-18)15(19)9-13/h2-3,5-6,12-13,15,18-19H,4,7-10H2,1H3,(H,17,20)/t12-,13+,15-/m1/s1. The molecule has 2 rings (SSSR count). The summed E-state index contributed by atoms with van der Waals surface area (Å²) in [4.78, 5) is 11.9. The third kappa shape index (κ3) is 4.44. The highest BCUT2D eigenvalue weighted by atomic mass is 16.5. The first-order valence-electron chi connectivity index (χ1n) is 7.33. The van der Waals surface area contributed by atoms with Crippen LogP contribution >= 0.6 is 0 Å². The smallest absolute Gasteiger partial charge is 0.220 e. The van der Waals surface area contributed by atoms with Gasteiger partial charge in [0.2, 0.25) is 5.91 Å². The Kier molecular flexibility index (Phi) is 5.59. The molecule has 1 aromatic rings. The molecule has 1 amide bonds. The molecule has 0 unspecified atom stereocenters. The Hall–Kier alpha value is -1.59. The van der Waals surface area contributed by atoms with Gasteiger partial charge < -0.3 is 20.3 Å². The van der Waals surface area contributed by atoms with Crippen LogP contribution in [-0.4, -0.2) is 42.0 Å². The van der Waals surface area contributed by atoms with Crippen molar-refractivity contribution in [2.45, 2.75) is 37.8 Å². The number of aryl methyl sites for hydroxylation is 1. The van der Waals surface area contributed by atoms with E-state index in [0.29, 0.717) is 25.7 Å². The lowest BCUT2D eigenvalue weighted by atomic mass is 10.1. The van der Waals surface area contributed by atoms with E-state index in [4.69, 9.17) is 9.84 Å². The average molecular weight is 293 g/mol. The number of hydrogen-bond donors (Lipinski definition) is 3. The van der Waals surface area contributed by atoms with Crippen LogP contribution in [0.15, 0.2) is 24.3 Å². The SMILES string of the molecule is COc1ccc(CCC(=O)N[C@H]2C[C@H](CO)[C@H](O)C2)cc1. The average Bonchev–Trinajstić information content (AvgIpc) is 2.85. The fourth-order valence-corrected chi connectivity index (χ4v) is 2.77. The summed E-state index contributed by atoms with van der Waals surface area (Å²) >= 11 is 0. The number of benzene rings is 1. The van der Waals surface area contributed by atoms with Gasteiger partial charge in [0.1, 0.15) is 5.75 Å². The number of aliphatic hydroxyl groups is 2. The maximum Gasteiger partial charge on any atom is 0.220 e. The summed E-state index contributed by atoms with van der Waals surface area (Å²) in [5, 5.41) is 21.7. The van der Waals surface area contributed by atoms with Gasteiger partial charge in [-0.3, -0.25) is 4.79 Å². The zero-order valence-corrected chi connectivity index (χ0v) is 12.3. The number of amides is 1. The number of aliphatic hydroxyl groups excluding tert-OH is 2. The van der Waals surface area contributed by atoms with Crippen LogP contribution in [0.2, 0.25) is 0 Å². The topological polar surface area (TPSA) is 78.8 Å². The Bertz CT molecular complexity index is 460. The lowest BCUT2D eigenvalue weighted by Gasteiger charge is -2.12. The molecule has 3 N–H and O–H groups in total. The van der Waals surface area contributed by atoms with Crippen LogP contribution < -0.4 is 10.1 Å². The lowest BCUT2D eigenvalue weighted by molar-refractivity contribution is -0.121. The van der Waals surface area contributed by atoms with Gasteiger partial charge in [-0.2, -0.15) is 0 Å². The second kappa shape index (κ2) is 7.43. The molecule has 0 spiro atoms. The van der Waals surface area contributed by atoms with Crippen LogP contribution in [0.5, 0.6) is 5.75 Å². The summed E-state index contributed by atoms with van der Waals surface area (Å²) in [5.41, 5.74) is 1.09. The number of methoxy groups -OCH3 is 1. The molecule has 1 fully saturated rings. The molecule has 1 aliphatic rings. The van der Waals surface area contributed by atoms with Crippen molar-refractivity contribution >= 4 is 5.91 Å². The third-order valence-electron chi connectivity index (χ3n) is 4.06. The number of hydrogen-bond acceptors (Lipinski definition) is 4. The molecule has 5 nitrogen and oxygen atoms in total. The van der Waals surface area contributed by atoms with Crippen LogP contribution in [0, 0.1) is 5.92 Å². The van der Waals surface area contributed by atoms with Crippen LogP contribution in [0.1, 0.15) is 24.8 Å². The Morgan fingerprint density at radius 3 is 2.62 bits per heavy atom. The third-order valence-corrected chi connectivity index (χ3v) is 4.06. The highest BCUT2D eigenvalue weighted by Gasteiger charge is 2.32. The molecule has 0 saturated heterocycles. The number of rotatable bonds is 6. The Morgan fingerprint density at radius 2 is 2.05 bits per heavy atom. The summed E-state index contributed by atoms with van der Waals surface area (Å²) in [7, 11) is 1.62. The molecular formula is C16H23NO4. The van der Waals surface area contributed by atoms with E-state index in [9.17, 15) is 9.90 Å². The van der Waals surface area contributed by atoms with Crippen LogP contribution in [0.4, 0.5) is 0 Å². The molecule has 1 aromatic carbocycles. The lowest BCUT2D eigenvalue weighted by Crippen LogP contribution is -2.33. The fraction of sp³-hybridized carbons (Fsp3) is 0.562. The Balaban J connectivity index is 1.74. The van der Waals surface area contributed by atoms with E-state index in [0.717, 1.165) is 11.3 Å². The first kappa shape index (κ1) is 15.8. The van der Waals surface area contributed by atoms with Crippen molar-refractivity contribution in [1.82, 2.24) is 5.32 Å². The largest absolute Gasteiger partial charge is 0.497 e. The second-order valence-corrected chi connectivity index (χ2v) is 5.59. The van der Waals surface area contributed by atoms with Gasteiger partial charge in [-0.25, -0.2) is 0 Å². The van der Waals surface area contributed by atoms with E-state index in [1.165, 1.54) is 0 Å². The summed E-state index contributed by atoms with van der Waals surface area (Å²) in [6.45, 7) is -0.0284. The first-order chi connectivity index (χ1) is 10.1. The van der Waals surface area contributed by atoms with E-state index < -0.39 is 6.10 Å². The summed E-state index contributed by atoms with van der Waals surface area (Å²) in [6.07, 6.45) is 1.75. The van der Waals surface area contributed by atoms with Gasteiger partial charge in [0.05, 0.1) is 13.2 Å². The highest BCUT2D eigenvalue weighted by molar-refractivity contribution is 5.76. The van der Waals surface area contributed by atoms with Crippen LogP contribution in [0.25, 0.3) is 0 Å². The molecular weight excluding hydrogens is 270 g/mol. The Morgan fingerprint density at radius 1 is 1.33 bits per heavy atom. The van der Waals surface area contributed by atoms with Crippen LogP contribution in [-0.2, 0) is 11.2 Å². The van der Waals surface area contributed by atoms with Gasteiger partial charge in [-0.05, 0) is 37.0 Å². The van der Waals surface area contributed by atoms with Crippen molar-refractivity contribution in [3.8, 4) is 5.75 Å². The van der Waals surface area contributed by atoms with Crippen molar-refractivity contribution in [3.63, 3.8) is 0 Å². The predicted molar refractivity (Wildman–Crippen MR) is 79.1 cm³/mol. The fourth-order valence-electron chi connectivity index (χ4n) is 2.77. The van der Waals surface area contributed by atoms with Crippen molar-refractivity contribution < 1.29 is 19.7 Å². The number of carbonyl (C=O) groups is 1. The van der Waals surface area contributed by atoms with E-state index in [-0.39, 0.29) is 24.5 Å². The second-order valence-electron chi connectivity index (χ2n) is 5.59. The number of nitrogens with one attached hydrogen (secondary N) is 1. The molecule has 21 heavy (non-hydrogen) atoms. The molecule has 0 bridgehead atoms. The molecule has 0 radical (unpaired) electrons. The molecule has 3 atom stereocenters. The minimum absolute atomic E-state index is 0.0124. The molecule has 0 aliphatic heterocycles. The van der Waals surface area contributed by atoms with Gasteiger partial charge >= 0.3 is 0 Å². The van der Waals surface area contributed by atoms with Crippen molar-refractivity contribution in [3.05, 3.63) is 29.8 Å². The molecule has 0 aromatic heterocycles. The molecule has 0 heterocycles. The maximum absolute atomic E-state index is 11.9. The Labute approximate surface area is 124 Å². The van der Waals surface area contributed by atoms with Gasteiger partial charge in [-0.15, -0.1) is 0 Å². The normalized spacial score (nSPS) is 24.8. The highest BCUT2D eigenvalue weighted by Crippen LogP contribution is 2.25. The van der Waals surface area contributed by atoms with Crippen LogP contribution in [0.3, 0.4) is 0 Å². The quantitative estimate of drug-likeness (QED) is 0.727. The number of carbonyl (C=O) groups excluding carboxylic acids is 1. The van der Waals surface area contributed by atoms with Crippen molar-refractivity contribution in [2.75, 3.05) is 13.7 Å². The summed E-state index contributed by atoms with van der Waals surface area (Å²) in [6, 6.07) is 7.64. The summed E-state index contributed by atoms with van der Waals surface area (Å²) in [5.74, 6) is 0.677. The predicted octanol–water partition coefficient (Wildman–Crippen LogP) is 0.876. The van der Waals surface area contributed by atoms with Gasteiger partial charge in [-0.1, -0.05) is 12.1 Å².